The third kappa shape index (κ3) is 4.58. The van der Waals surface area contributed by atoms with E-state index in [0.29, 0.717) is 11.3 Å². The number of nitrogens with one attached hydrogen (secondary N) is 1. The van der Waals surface area contributed by atoms with E-state index in [9.17, 15) is 4.79 Å². The summed E-state index contributed by atoms with van der Waals surface area (Å²) >= 11 is 0. The molecule has 2 aromatic carbocycles. The predicted molar refractivity (Wildman–Crippen MR) is 90.0 cm³/mol. The summed E-state index contributed by atoms with van der Waals surface area (Å²) in [7, 11) is 0. The van der Waals surface area contributed by atoms with E-state index in [-0.39, 0.29) is 11.9 Å². The Balaban J connectivity index is 2.04. The Morgan fingerprint density at radius 3 is 2.00 bits per heavy atom. The Morgan fingerprint density at radius 1 is 1.00 bits per heavy atom. The molecule has 23 heavy (non-hydrogen) atoms. The Bertz CT molecular complexity index is 698. The average molecular weight is 308 g/mol. The lowest BCUT2D eigenvalue weighted by molar-refractivity contribution is -0.127. The minimum absolute atomic E-state index is 0.0901. The summed E-state index contributed by atoms with van der Waals surface area (Å²) in [5, 5.41) is 11.6. The average Bonchev–Trinajstić information content (AvgIpc) is 2.55. The van der Waals surface area contributed by atoms with E-state index < -0.39 is 6.10 Å². The number of ether oxygens (including phenoxy) is 1. The van der Waals surface area contributed by atoms with Gasteiger partial charge in [0.2, 0.25) is 0 Å². The first-order chi connectivity index (χ1) is 11.0. The maximum Gasteiger partial charge on any atom is 0.260 e. The van der Waals surface area contributed by atoms with Crippen LogP contribution in [0, 0.1) is 11.3 Å². The number of nitrogens with zero attached hydrogens (tertiary/aromatic N) is 1. The molecule has 0 saturated carbocycles. The van der Waals surface area contributed by atoms with E-state index >= 15 is 0 Å². The first-order valence-electron chi connectivity index (χ1n) is 7.57. The number of rotatable bonds is 5. The molecule has 0 spiro atoms. The Hall–Kier alpha value is -2.80. The highest BCUT2D eigenvalue weighted by atomic mass is 16.5. The Kier molecular flexibility index (Phi) is 5.37. The van der Waals surface area contributed by atoms with Gasteiger partial charge in [-0.05, 0) is 56.2 Å². The van der Waals surface area contributed by atoms with Gasteiger partial charge in [0.25, 0.3) is 5.91 Å². The van der Waals surface area contributed by atoms with Crippen molar-refractivity contribution in [3.63, 3.8) is 0 Å². The molecule has 0 bridgehead atoms. The summed E-state index contributed by atoms with van der Waals surface area (Å²) in [6.07, 6.45) is -0.543. The fourth-order valence-electron chi connectivity index (χ4n) is 2.12. The first kappa shape index (κ1) is 16.6. The van der Waals surface area contributed by atoms with Crippen LogP contribution in [0.25, 0.3) is 11.1 Å². The summed E-state index contributed by atoms with van der Waals surface area (Å²) in [4.78, 5) is 11.8. The molecular formula is C19H20N2O2. The van der Waals surface area contributed by atoms with Crippen LogP contribution in [0.4, 0.5) is 0 Å². The second-order valence-corrected chi connectivity index (χ2v) is 5.64. The standard InChI is InChI=1S/C19H20N2O2/c1-13(2)21-19(22)14(3)23-18-10-8-17(9-11-18)16-6-4-15(12-20)5-7-16/h4-11,13-14H,1-3H3,(H,21,22). The molecule has 4 heteroatoms. The highest BCUT2D eigenvalue weighted by Crippen LogP contribution is 2.23. The molecule has 2 rings (SSSR count). The summed E-state index contributed by atoms with van der Waals surface area (Å²) < 4.78 is 5.65. The van der Waals surface area contributed by atoms with Crippen LogP contribution in [0.3, 0.4) is 0 Å². The normalized spacial score (nSPS) is 11.6. The van der Waals surface area contributed by atoms with E-state index in [2.05, 4.69) is 11.4 Å². The third-order valence-corrected chi connectivity index (χ3v) is 3.31. The zero-order chi connectivity index (χ0) is 16.8. The Labute approximate surface area is 136 Å². The molecule has 0 heterocycles. The Morgan fingerprint density at radius 2 is 1.52 bits per heavy atom. The van der Waals surface area contributed by atoms with Gasteiger partial charge in [-0.2, -0.15) is 5.26 Å². The number of benzene rings is 2. The number of carbonyl (C=O) groups is 1. The second kappa shape index (κ2) is 7.46. The van der Waals surface area contributed by atoms with E-state index in [0.717, 1.165) is 11.1 Å². The molecule has 0 radical (unpaired) electrons. The first-order valence-corrected chi connectivity index (χ1v) is 7.57. The van der Waals surface area contributed by atoms with Crippen molar-refractivity contribution in [2.75, 3.05) is 0 Å². The molecule has 0 aliphatic heterocycles. The lowest BCUT2D eigenvalue weighted by atomic mass is 10.0. The van der Waals surface area contributed by atoms with Crippen molar-refractivity contribution in [2.45, 2.75) is 32.9 Å². The van der Waals surface area contributed by atoms with Gasteiger partial charge in [-0.25, -0.2) is 0 Å². The number of carbonyl (C=O) groups excluding carboxylic acids is 1. The molecule has 0 aromatic heterocycles. The van der Waals surface area contributed by atoms with Crippen LogP contribution in [-0.4, -0.2) is 18.1 Å². The van der Waals surface area contributed by atoms with Gasteiger partial charge < -0.3 is 10.1 Å². The molecule has 0 aliphatic rings. The number of amides is 1. The van der Waals surface area contributed by atoms with Crippen molar-refractivity contribution in [3.8, 4) is 22.9 Å². The van der Waals surface area contributed by atoms with Crippen LogP contribution in [0.2, 0.25) is 0 Å². The second-order valence-electron chi connectivity index (χ2n) is 5.64. The van der Waals surface area contributed by atoms with Gasteiger partial charge in [-0.15, -0.1) is 0 Å². The quantitative estimate of drug-likeness (QED) is 0.919. The molecule has 4 nitrogen and oxygen atoms in total. The third-order valence-electron chi connectivity index (χ3n) is 3.31. The van der Waals surface area contributed by atoms with Gasteiger partial charge in [-0.1, -0.05) is 24.3 Å². The van der Waals surface area contributed by atoms with Crippen molar-refractivity contribution in [2.24, 2.45) is 0 Å². The zero-order valence-corrected chi connectivity index (χ0v) is 13.5. The van der Waals surface area contributed by atoms with E-state index in [4.69, 9.17) is 10.00 Å². The smallest absolute Gasteiger partial charge is 0.260 e. The monoisotopic (exact) mass is 308 g/mol. The van der Waals surface area contributed by atoms with E-state index in [1.807, 2.05) is 50.2 Å². The molecule has 118 valence electrons. The minimum Gasteiger partial charge on any atom is -0.481 e. The molecule has 0 aliphatic carbocycles. The predicted octanol–water partition coefficient (Wildman–Crippen LogP) is 3.52. The number of hydrogen-bond donors (Lipinski definition) is 1. The molecule has 1 atom stereocenters. The molecule has 2 aromatic rings. The van der Waals surface area contributed by atoms with Crippen LogP contribution in [0.1, 0.15) is 26.3 Å². The van der Waals surface area contributed by atoms with Gasteiger partial charge in [0.1, 0.15) is 5.75 Å². The van der Waals surface area contributed by atoms with Gasteiger partial charge in [0.05, 0.1) is 11.6 Å². The largest absolute Gasteiger partial charge is 0.481 e. The van der Waals surface area contributed by atoms with Crippen molar-refractivity contribution in [1.29, 1.82) is 5.26 Å². The van der Waals surface area contributed by atoms with Crippen LogP contribution < -0.4 is 10.1 Å². The van der Waals surface area contributed by atoms with Crippen molar-refractivity contribution in [3.05, 3.63) is 54.1 Å². The van der Waals surface area contributed by atoms with Gasteiger partial charge in [0.15, 0.2) is 6.10 Å². The van der Waals surface area contributed by atoms with Gasteiger partial charge >= 0.3 is 0 Å². The van der Waals surface area contributed by atoms with Gasteiger partial charge in [-0.3, -0.25) is 4.79 Å². The molecule has 0 fully saturated rings. The van der Waals surface area contributed by atoms with Crippen molar-refractivity contribution in [1.82, 2.24) is 5.32 Å². The topological polar surface area (TPSA) is 62.1 Å². The van der Waals surface area contributed by atoms with E-state index in [1.165, 1.54) is 0 Å². The fourth-order valence-corrected chi connectivity index (χ4v) is 2.12. The van der Waals surface area contributed by atoms with Crippen LogP contribution in [0.5, 0.6) is 5.75 Å². The van der Waals surface area contributed by atoms with E-state index in [1.54, 1.807) is 19.1 Å². The molecule has 0 saturated heterocycles. The molecule has 1 unspecified atom stereocenters. The van der Waals surface area contributed by atoms with Gasteiger partial charge in [0, 0.05) is 6.04 Å². The zero-order valence-electron chi connectivity index (χ0n) is 13.5. The number of hydrogen-bond acceptors (Lipinski definition) is 3. The minimum atomic E-state index is -0.543. The van der Waals surface area contributed by atoms with Crippen LogP contribution in [0.15, 0.2) is 48.5 Å². The van der Waals surface area contributed by atoms with Crippen molar-refractivity contribution >= 4 is 5.91 Å². The lowest BCUT2D eigenvalue weighted by Gasteiger charge is -2.16. The lowest BCUT2D eigenvalue weighted by Crippen LogP contribution is -2.39. The highest BCUT2D eigenvalue weighted by molar-refractivity contribution is 5.81. The highest BCUT2D eigenvalue weighted by Gasteiger charge is 2.15. The fraction of sp³-hybridized carbons (Fsp3) is 0.263. The summed E-state index contributed by atoms with van der Waals surface area (Å²) in [5.74, 6) is 0.518. The van der Waals surface area contributed by atoms with Crippen LogP contribution in [-0.2, 0) is 4.79 Å². The summed E-state index contributed by atoms with van der Waals surface area (Å²) in [6, 6.07) is 17.1. The molecule has 1 amide bonds. The van der Waals surface area contributed by atoms with Crippen molar-refractivity contribution < 1.29 is 9.53 Å². The maximum atomic E-state index is 11.8. The summed E-state index contributed by atoms with van der Waals surface area (Å²) in [6.45, 7) is 5.56. The number of nitriles is 1. The van der Waals surface area contributed by atoms with Crippen LogP contribution >= 0.6 is 0 Å². The summed E-state index contributed by atoms with van der Waals surface area (Å²) in [5.41, 5.74) is 2.70. The SMILES string of the molecule is CC(C)NC(=O)C(C)Oc1ccc(-c2ccc(C#N)cc2)cc1. The maximum absolute atomic E-state index is 11.8. The molecular weight excluding hydrogens is 288 g/mol. The molecule has 1 N–H and O–H groups in total.